The number of hydrogen-bond donors (Lipinski definition) is 0. The molecule has 22 heavy (non-hydrogen) atoms. The summed E-state index contributed by atoms with van der Waals surface area (Å²) in [6, 6.07) is 1.45. The van der Waals surface area contributed by atoms with Crippen LogP contribution in [-0.4, -0.2) is 24.0 Å². The predicted octanol–water partition coefficient (Wildman–Crippen LogP) is 5.68. The highest BCUT2D eigenvalue weighted by molar-refractivity contribution is 5.17. The van der Waals surface area contributed by atoms with E-state index in [1.165, 1.54) is 25.7 Å². The molecule has 1 nitrogen and oxygen atoms in total. The minimum atomic E-state index is 0.243. The smallest absolute Gasteiger partial charge is 0.0337 e. The zero-order valence-corrected chi connectivity index (χ0v) is 15.9. The first kappa shape index (κ1) is 17.8. The van der Waals surface area contributed by atoms with E-state index in [1.807, 2.05) is 6.08 Å². The SMILES string of the molecule is C=C/C=C\C(C)(C)C1C(CC2CC(C)(C)CC(C)(C)C2)N1C. The Labute approximate surface area is 138 Å². The largest absolute Gasteiger partial charge is 0.296 e. The maximum atomic E-state index is 3.81. The molecule has 1 heterocycles. The van der Waals surface area contributed by atoms with Crippen molar-refractivity contribution in [3.63, 3.8) is 0 Å². The molecular formula is C21H37N. The summed E-state index contributed by atoms with van der Waals surface area (Å²) in [5.41, 5.74) is 1.26. The van der Waals surface area contributed by atoms with Gasteiger partial charge in [-0.3, -0.25) is 4.90 Å². The van der Waals surface area contributed by atoms with Gasteiger partial charge in [-0.05, 0) is 54.9 Å². The van der Waals surface area contributed by atoms with E-state index >= 15 is 0 Å². The summed E-state index contributed by atoms with van der Waals surface area (Å²) in [5.74, 6) is 0.885. The fourth-order valence-electron chi connectivity index (χ4n) is 5.72. The zero-order valence-electron chi connectivity index (χ0n) is 15.9. The summed E-state index contributed by atoms with van der Waals surface area (Å²) < 4.78 is 0. The van der Waals surface area contributed by atoms with Crippen LogP contribution in [0.15, 0.2) is 24.8 Å². The maximum Gasteiger partial charge on any atom is 0.0337 e. The lowest BCUT2D eigenvalue weighted by Crippen LogP contribution is -2.34. The molecule has 0 radical (unpaired) electrons. The first-order chi connectivity index (χ1) is 9.97. The lowest BCUT2D eigenvalue weighted by atomic mass is 9.60. The van der Waals surface area contributed by atoms with Gasteiger partial charge in [-0.2, -0.15) is 0 Å². The van der Waals surface area contributed by atoms with Crippen LogP contribution in [0.5, 0.6) is 0 Å². The Balaban J connectivity index is 2.00. The van der Waals surface area contributed by atoms with Gasteiger partial charge in [0.05, 0.1) is 0 Å². The number of allylic oxidation sites excluding steroid dienone is 2. The molecule has 1 aliphatic carbocycles. The fourth-order valence-corrected chi connectivity index (χ4v) is 5.72. The van der Waals surface area contributed by atoms with Gasteiger partial charge in [-0.1, -0.05) is 66.3 Å². The highest BCUT2D eigenvalue weighted by Crippen LogP contribution is 2.52. The summed E-state index contributed by atoms with van der Waals surface area (Å²) in [7, 11) is 2.30. The van der Waals surface area contributed by atoms with Crippen molar-refractivity contribution in [2.45, 2.75) is 79.3 Å². The van der Waals surface area contributed by atoms with Crippen LogP contribution in [0.25, 0.3) is 0 Å². The van der Waals surface area contributed by atoms with E-state index in [0.29, 0.717) is 16.9 Å². The van der Waals surface area contributed by atoms with Gasteiger partial charge >= 0.3 is 0 Å². The fraction of sp³-hybridized carbons (Fsp3) is 0.810. The molecule has 2 rings (SSSR count). The minimum absolute atomic E-state index is 0.243. The number of likely N-dealkylation sites (N-methyl/N-ethyl adjacent to an activating group) is 1. The van der Waals surface area contributed by atoms with E-state index in [2.05, 4.69) is 72.2 Å². The molecule has 0 spiro atoms. The predicted molar refractivity (Wildman–Crippen MR) is 98.0 cm³/mol. The van der Waals surface area contributed by atoms with Crippen molar-refractivity contribution in [2.75, 3.05) is 7.05 Å². The Morgan fingerprint density at radius 1 is 1.14 bits per heavy atom. The molecule has 1 heteroatoms. The van der Waals surface area contributed by atoms with Crippen LogP contribution in [0.3, 0.4) is 0 Å². The molecule has 1 aliphatic heterocycles. The highest BCUT2D eigenvalue weighted by atomic mass is 15.3. The molecule has 0 bridgehead atoms. The van der Waals surface area contributed by atoms with Crippen molar-refractivity contribution < 1.29 is 0 Å². The maximum absolute atomic E-state index is 3.81. The second-order valence-electron chi connectivity index (χ2n) is 10.1. The van der Waals surface area contributed by atoms with Gasteiger partial charge in [0.2, 0.25) is 0 Å². The number of nitrogens with zero attached hydrogens (tertiary/aromatic N) is 1. The van der Waals surface area contributed by atoms with Gasteiger partial charge in [-0.15, -0.1) is 0 Å². The molecule has 2 aliphatic rings. The summed E-state index contributed by atoms with van der Waals surface area (Å²) in [6.45, 7) is 18.4. The average molecular weight is 304 g/mol. The van der Waals surface area contributed by atoms with Crippen molar-refractivity contribution in [3.8, 4) is 0 Å². The van der Waals surface area contributed by atoms with E-state index in [9.17, 15) is 0 Å². The minimum Gasteiger partial charge on any atom is -0.296 e. The Hall–Kier alpha value is -0.560. The Kier molecular flexibility index (Phi) is 4.70. The monoisotopic (exact) mass is 303 g/mol. The lowest BCUT2D eigenvalue weighted by Gasteiger charge is -2.45. The van der Waals surface area contributed by atoms with Crippen LogP contribution in [-0.2, 0) is 0 Å². The lowest BCUT2D eigenvalue weighted by molar-refractivity contribution is 0.0624. The molecule has 0 aromatic heterocycles. The van der Waals surface area contributed by atoms with Gasteiger partial charge in [0.1, 0.15) is 0 Å². The molecule has 2 fully saturated rings. The van der Waals surface area contributed by atoms with Crippen LogP contribution >= 0.6 is 0 Å². The number of rotatable bonds is 5. The molecular weight excluding hydrogens is 266 g/mol. The first-order valence-electron chi connectivity index (χ1n) is 9.00. The van der Waals surface area contributed by atoms with Crippen LogP contribution in [0.4, 0.5) is 0 Å². The van der Waals surface area contributed by atoms with Gasteiger partial charge < -0.3 is 0 Å². The van der Waals surface area contributed by atoms with E-state index in [4.69, 9.17) is 0 Å². The van der Waals surface area contributed by atoms with Gasteiger partial charge in [-0.25, -0.2) is 0 Å². The van der Waals surface area contributed by atoms with E-state index in [1.54, 1.807) is 0 Å². The second kappa shape index (κ2) is 5.82. The normalized spacial score (nSPS) is 34.8. The quantitative estimate of drug-likeness (QED) is 0.466. The van der Waals surface area contributed by atoms with Crippen LogP contribution < -0.4 is 0 Å². The molecule has 0 amide bonds. The second-order valence-corrected chi connectivity index (χ2v) is 10.1. The summed E-state index contributed by atoms with van der Waals surface area (Å²) in [6.07, 6.45) is 11.9. The van der Waals surface area contributed by atoms with Crippen molar-refractivity contribution in [2.24, 2.45) is 22.2 Å². The molecule has 1 saturated heterocycles. The molecule has 1 saturated carbocycles. The average Bonchev–Trinajstić information content (AvgIpc) is 2.93. The standard InChI is InChI=1S/C21H37N/c1-9-10-11-21(6,7)18-17(22(18)8)12-16-13-19(2,3)15-20(4,5)14-16/h9-11,16-18H,1,12-15H2,2-8H3/b11-10-. The van der Waals surface area contributed by atoms with E-state index in [-0.39, 0.29) is 5.41 Å². The van der Waals surface area contributed by atoms with Crippen molar-refractivity contribution in [1.82, 2.24) is 4.90 Å². The third kappa shape index (κ3) is 4.04. The van der Waals surface area contributed by atoms with Crippen LogP contribution in [0.2, 0.25) is 0 Å². The van der Waals surface area contributed by atoms with Crippen molar-refractivity contribution in [3.05, 3.63) is 24.8 Å². The van der Waals surface area contributed by atoms with Gasteiger partial charge in [0, 0.05) is 12.1 Å². The number of hydrogen-bond acceptors (Lipinski definition) is 1. The molecule has 3 unspecified atom stereocenters. The Morgan fingerprint density at radius 2 is 1.68 bits per heavy atom. The Bertz CT molecular complexity index is 425. The van der Waals surface area contributed by atoms with Crippen LogP contribution in [0, 0.1) is 22.2 Å². The first-order valence-corrected chi connectivity index (χ1v) is 9.00. The summed E-state index contributed by atoms with van der Waals surface area (Å²) >= 11 is 0. The highest BCUT2D eigenvalue weighted by Gasteiger charge is 2.53. The summed E-state index contributed by atoms with van der Waals surface area (Å²) in [5, 5.41) is 0. The topological polar surface area (TPSA) is 3.01 Å². The Morgan fingerprint density at radius 3 is 2.18 bits per heavy atom. The zero-order chi connectivity index (χ0) is 16.8. The van der Waals surface area contributed by atoms with Crippen molar-refractivity contribution >= 4 is 0 Å². The van der Waals surface area contributed by atoms with Gasteiger partial charge in [0.25, 0.3) is 0 Å². The van der Waals surface area contributed by atoms with Crippen LogP contribution in [0.1, 0.15) is 67.2 Å². The summed E-state index contributed by atoms with van der Waals surface area (Å²) in [4.78, 5) is 2.59. The third-order valence-electron chi connectivity index (χ3n) is 5.88. The molecule has 126 valence electrons. The molecule has 3 atom stereocenters. The molecule has 0 aromatic carbocycles. The van der Waals surface area contributed by atoms with E-state index < -0.39 is 0 Å². The molecule has 0 aromatic rings. The van der Waals surface area contributed by atoms with E-state index in [0.717, 1.165) is 12.0 Å². The third-order valence-corrected chi connectivity index (χ3v) is 5.88. The van der Waals surface area contributed by atoms with Gasteiger partial charge in [0.15, 0.2) is 0 Å². The molecule has 0 N–H and O–H groups in total. The van der Waals surface area contributed by atoms with Crippen molar-refractivity contribution in [1.29, 1.82) is 0 Å².